The van der Waals surface area contributed by atoms with Gasteiger partial charge in [-0.05, 0) is 5.56 Å². The number of nitro benzene ring substituents is 1. The second-order valence-corrected chi connectivity index (χ2v) is 3.81. The molecule has 0 saturated carbocycles. The van der Waals surface area contributed by atoms with Crippen molar-refractivity contribution in [2.45, 2.75) is 12.7 Å². The lowest BCUT2D eigenvalue weighted by Crippen LogP contribution is -2.34. The summed E-state index contributed by atoms with van der Waals surface area (Å²) in [6, 6.07) is 5.97. The summed E-state index contributed by atoms with van der Waals surface area (Å²) in [6.07, 6.45) is -0.434. The molecule has 1 aromatic rings. The van der Waals surface area contributed by atoms with E-state index in [2.05, 4.69) is 5.32 Å². The van der Waals surface area contributed by atoms with Crippen LogP contribution in [0.4, 0.5) is 5.69 Å². The van der Waals surface area contributed by atoms with Gasteiger partial charge >= 0.3 is 0 Å². The third-order valence-corrected chi connectivity index (χ3v) is 2.48. The molecule has 1 amide bonds. The predicted molar refractivity (Wildman–Crippen MR) is 67.6 cm³/mol. The number of non-ortho nitro benzene ring substituents is 1. The van der Waals surface area contributed by atoms with Gasteiger partial charge in [0.05, 0.1) is 17.9 Å². The van der Waals surface area contributed by atoms with Crippen LogP contribution < -0.4 is 5.32 Å². The van der Waals surface area contributed by atoms with E-state index in [-0.39, 0.29) is 24.6 Å². The molecule has 0 unspecified atom stereocenters. The van der Waals surface area contributed by atoms with Gasteiger partial charge < -0.3 is 14.8 Å². The lowest BCUT2D eigenvalue weighted by Gasteiger charge is -2.13. The van der Waals surface area contributed by atoms with E-state index in [1.165, 1.54) is 26.4 Å². The fraction of sp³-hybridized carbons (Fsp3) is 0.417. The van der Waals surface area contributed by atoms with E-state index in [0.717, 1.165) is 0 Å². The Morgan fingerprint density at radius 3 is 2.68 bits per heavy atom. The maximum Gasteiger partial charge on any atom is 0.269 e. The Bertz CT molecular complexity index is 446. The molecule has 1 rings (SSSR count). The summed E-state index contributed by atoms with van der Waals surface area (Å²) >= 11 is 0. The van der Waals surface area contributed by atoms with Crippen LogP contribution in [-0.2, 0) is 20.7 Å². The van der Waals surface area contributed by atoms with Crippen molar-refractivity contribution >= 4 is 11.6 Å². The minimum absolute atomic E-state index is 0.0306. The Balaban J connectivity index is 2.52. The van der Waals surface area contributed by atoms with E-state index in [1.54, 1.807) is 12.1 Å². The zero-order valence-electron chi connectivity index (χ0n) is 10.8. The molecule has 0 aliphatic rings. The van der Waals surface area contributed by atoms with Crippen molar-refractivity contribution in [2.75, 3.05) is 20.8 Å². The van der Waals surface area contributed by atoms with Crippen molar-refractivity contribution in [3.8, 4) is 0 Å². The summed E-state index contributed by atoms with van der Waals surface area (Å²) in [5, 5.41) is 13.2. The average molecular weight is 268 g/mol. The molecule has 0 fully saturated rings. The number of benzene rings is 1. The second kappa shape index (κ2) is 7.45. The topological polar surface area (TPSA) is 90.7 Å². The number of carbonyl (C=O) groups is 1. The van der Waals surface area contributed by atoms with Gasteiger partial charge in [0.25, 0.3) is 5.69 Å². The van der Waals surface area contributed by atoms with Crippen molar-refractivity contribution in [2.24, 2.45) is 0 Å². The number of nitro groups is 1. The summed E-state index contributed by atoms with van der Waals surface area (Å²) in [5.41, 5.74) is 0.551. The summed E-state index contributed by atoms with van der Waals surface area (Å²) in [6.45, 7) is 0.223. The van der Waals surface area contributed by atoms with Crippen LogP contribution in [0.15, 0.2) is 24.3 Å². The van der Waals surface area contributed by atoms with E-state index in [0.29, 0.717) is 5.56 Å². The van der Waals surface area contributed by atoms with Gasteiger partial charge in [-0.2, -0.15) is 0 Å². The molecule has 7 heteroatoms. The van der Waals surface area contributed by atoms with Gasteiger partial charge in [-0.15, -0.1) is 0 Å². The molecule has 0 radical (unpaired) electrons. The molecule has 0 aliphatic carbocycles. The molecule has 0 spiro atoms. The van der Waals surface area contributed by atoms with Gasteiger partial charge in [0.15, 0.2) is 6.29 Å². The van der Waals surface area contributed by atoms with Crippen LogP contribution >= 0.6 is 0 Å². The minimum Gasteiger partial charge on any atom is -0.354 e. The van der Waals surface area contributed by atoms with Gasteiger partial charge in [-0.3, -0.25) is 14.9 Å². The van der Waals surface area contributed by atoms with Crippen LogP contribution in [0.5, 0.6) is 0 Å². The monoisotopic (exact) mass is 268 g/mol. The van der Waals surface area contributed by atoms with Crippen LogP contribution in [0.3, 0.4) is 0 Å². The zero-order chi connectivity index (χ0) is 14.3. The maximum atomic E-state index is 11.6. The Morgan fingerprint density at radius 1 is 1.42 bits per heavy atom. The molecular weight excluding hydrogens is 252 g/mol. The molecule has 19 heavy (non-hydrogen) atoms. The number of rotatable bonds is 7. The lowest BCUT2D eigenvalue weighted by atomic mass is 10.1. The third kappa shape index (κ3) is 5.02. The van der Waals surface area contributed by atoms with Crippen molar-refractivity contribution in [1.82, 2.24) is 5.32 Å². The van der Waals surface area contributed by atoms with E-state index in [9.17, 15) is 14.9 Å². The van der Waals surface area contributed by atoms with Crippen LogP contribution in [0.2, 0.25) is 0 Å². The minimum atomic E-state index is -0.506. The molecule has 0 aromatic heterocycles. The SMILES string of the molecule is COC(CNC(=O)Cc1cccc([N+](=O)[O-])c1)OC. The second-order valence-electron chi connectivity index (χ2n) is 3.81. The average Bonchev–Trinajstić information content (AvgIpc) is 2.40. The number of hydrogen-bond donors (Lipinski definition) is 1. The first kappa shape index (κ1) is 15.1. The van der Waals surface area contributed by atoms with E-state index >= 15 is 0 Å². The smallest absolute Gasteiger partial charge is 0.269 e. The van der Waals surface area contributed by atoms with Crippen molar-refractivity contribution < 1.29 is 19.2 Å². The first-order chi connectivity index (χ1) is 9.06. The molecule has 7 nitrogen and oxygen atoms in total. The molecule has 0 heterocycles. The standard InChI is InChI=1S/C12H16N2O5/c1-18-12(19-2)8-13-11(15)7-9-4-3-5-10(6-9)14(16)17/h3-6,12H,7-8H2,1-2H3,(H,13,15). The number of nitrogens with one attached hydrogen (secondary N) is 1. The van der Waals surface area contributed by atoms with Gasteiger partial charge in [-0.25, -0.2) is 0 Å². The fourth-order valence-corrected chi connectivity index (χ4v) is 1.49. The molecule has 0 bridgehead atoms. The van der Waals surface area contributed by atoms with Gasteiger partial charge in [0, 0.05) is 26.4 Å². The van der Waals surface area contributed by atoms with Crippen molar-refractivity contribution in [3.05, 3.63) is 39.9 Å². The number of ether oxygens (including phenoxy) is 2. The third-order valence-electron chi connectivity index (χ3n) is 2.48. The highest BCUT2D eigenvalue weighted by Crippen LogP contribution is 2.13. The molecule has 1 N–H and O–H groups in total. The van der Waals surface area contributed by atoms with Crippen molar-refractivity contribution in [1.29, 1.82) is 0 Å². The first-order valence-corrected chi connectivity index (χ1v) is 5.62. The first-order valence-electron chi connectivity index (χ1n) is 5.62. The van der Waals surface area contributed by atoms with E-state index in [4.69, 9.17) is 9.47 Å². The molecule has 1 aromatic carbocycles. The van der Waals surface area contributed by atoms with Gasteiger partial charge in [-0.1, -0.05) is 12.1 Å². The maximum absolute atomic E-state index is 11.6. The number of nitrogens with zero attached hydrogens (tertiary/aromatic N) is 1. The Morgan fingerprint density at radius 2 is 2.11 bits per heavy atom. The molecule has 0 aliphatic heterocycles. The van der Waals surface area contributed by atoms with E-state index in [1.807, 2.05) is 0 Å². The number of hydrogen-bond acceptors (Lipinski definition) is 5. The highest BCUT2D eigenvalue weighted by molar-refractivity contribution is 5.78. The van der Waals surface area contributed by atoms with Crippen molar-refractivity contribution in [3.63, 3.8) is 0 Å². The van der Waals surface area contributed by atoms with Crippen LogP contribution in [-0.4, -0.2) is 37.9 Å². The fourth-order valence-electron chi connectivity index (χ4n) is 1.49. The lowest BCUT2D eigenvalue weighted by molar-refractivity contribution is -0.384. The summed E-state index contributed by atoms with van der Waals surface area (Å²) in [7, 11) is 2.95. The highest BCUT2D eigenvalue weighted by Gasteiger charge is 2.11. The number of methoxy groups -OCH3 is 2. The number of carbonyl (C=O) groups excluding carboxylic acids is 1. The summed E-state index contributed by atoms with van der Waals surface area (Å²) in [4.78, 5) is 21.7. The van der Waals surface area contributed by atoms with Crippen LogP contribution in [0.1, 0.15) is 5.56 Å². The molecular formula is C12H16N2O5. The van der Waals surface area contributed by atoms with Gasteiger partial charge in [0.2, 0.25) is 5.91 Å². The largest absolute Gasteiger partial charge is 0.354 e. The molecule has 0 atom stereocenters. The summed E-state index contributed by atoms with van der Waals surface area (Å²) < 4.78 is 9.85. The molecule has 0 saturated heterocycles. The zero-order valence-corrected chi connectivity index (χ0v) is 10.8. The normalized spacial score (nSPS) is 10.5. The van der Waals surface area contributed by atoms with Crippen LogP contribution in [0.25, 0.3) is 0 Å². The highest BCUT2D eigenvalue weighted by atomic mass is 16.7. The summed E-state index contributed by atoms with van der Waals surface area (Å²) in [5.74, 6) is -0.250. The Labute approximate surface area is 110 Å². The van der Waals surface area contributed by atoms with Gasteiger partial charge in [0.1, 0.15) is 0 Å². The Hall–Kier alpha value is -1.99. The Kier molecular flexibility index (Phi) is 5.91. The van der Waals surface area contributed by atoms with Crippen LogP contribution in [0, 0.1) is 10.1 Å². The van der Waals surface area contributed by atoms with E-state index < -0.39 is 11.2 Å². The predicted octanol–water partition coefficient (Wildman–Crippen LogP) is 0.872. The molecule has 104 valence electrons. The quantitative estimate of drug-likeness (QED) is 0.450. The number of amides is 1.